The lowest BCUT2D eigenvalue weighted by molar-refractivity contribution is -0.132. The Hall–Kier alpha value is -1.85. The van der Waals surface area contributed by atoms with E-state index in [1.54, 1.807) is 7.05 Å². The highest BCUT2D eigenvalue weighted by atomic mass is 16.2. The molecule has 6 nitrogen and oxygen atoms in total. The molecule has 1 aliphatic heterocycles. The van der Waals surface area contributed by atoms with Crippen LogP contribution in [-0.2, 0) is 14.4 Å². The van der Waals surface area contributed by atoms with Crippen LogP contribution < -0.4 is 16.0 Å². The summed E-state index contributed by atoms with van der Waals surface area (Å²) in [6, 6.07) is -0.522. The summed E-state index contributed by atoms with van der Waals surface area (Å²) in [7, 11) is 1.65. The zero-order valence-corrected chi connectivity index (χ0v) is 21.6. The third kappa shape index (κ3) is 12.8. The van der Waals surface area contributed by atoms with E-state index >= 15 is 0 Å². The van der Waals surface area contributed by atoms with Crippen LogP contribution in [0.15, 0.2) is 12.2 Å². The molecule has 0 spiro atoms. The molecule has 3 atom stereocenters. The SMILES string of the molecule is CCCCCCCC1CCCC/C=C/CC(C(=O)NC)CCNC(=O)[C@H](CC(C)C)NC1=O. The zero-order valence-electron chi connectivity index (χ0n) is 21.6. The van der Waals surface area contributed by atoms with Gasteiger partial charge in [0.1, 0.15) is 6.04 Å². The second-order valence-corrected chi connectivity index (χ2v) is 9.97. The summed E-state index contributed by atoms with van der Waals surface area (Å²) in [5, 5.41) is 8.79. The monoisotopic (exact) mass is 463 g/mol. The van der Waals surface area contributed by atoms with Gasteiger partial charge in [0.15, 0.2) is 0 Å². The van der Waals surface area contributed by atoms with Gasteiger partial charge in [0, 0.05) is 25.4 Å². The summed E-state index contributed by atoms with van der Waals surface area (Å²) >= 11 is 0. The number of unbranched alkanes of at least 4 members (excludes halogenated alkanes) is 4. The third-order valence-corrected chi connectivity index (χ3v) is 6.54. The maximum absolute atomic E-state index is 13.2. The summed E-state index contributed by atoms with van der Waals surface area (Å²) in [5.41, 5.74) is 0. The number of hydrogen-bond acceptors (Lipinski definition) is 3. The van der Waals surface area contributed by atoms with Crippen LogP contribution in [0.25, 0.3) is 0 Å². The lowest BCUT2D eigenvalue weighted by atomic mass is 9.92. The Morgan fingerprint density at radius 2 is 1.82 bits per heavy atom. The molecular weight excluding hydrogens is 414 g/mol. The van der Waals surface area contributed by atoms with Gasteiger partial charge in [-0.05, 0) is 50.9 Å². The average Bonchev–Trinajstić information content (AvgIpc) is 2.78. The standard InChI is InChI=1S/C27H49N3O3/c1-5-6-7-9-12-15-22-16-13-10-8-11-14-17-23(25(31)28-4)18-19-29-27(33)24(20-21(2)3)30-26(22)32/h11,14,21-24H,5-10,12-13,15-20H2,1-4H3,(H,28,31)(H,29,33)(H,30,32)/b14-11+/t22?,23?,24-/m0/s1. The first kappa shape index (κ1) is 29.2. The van der Waals surface area contributed by atoms with Gasteiger partial charge in [0.2, 0.25) is 17.7 Å². The van der Waals surface area contributed by atoms with Crippen LogP contribution in [0, 0.1) is 17.8 Å². The molecule has 2 unspecified atom stereocenters. The van der Waals surface area contributed by atoms with Gasteiger partial charge in [-0.25, -0.2) is 0 Å². The van der Waals surface area contributed by atoms with Crippen LogP contribution in [-0.4, -0.2) is 37.4 Å². The fourth-order valence-electron chi connectivity index (χ4n) is 4.48. The van der Waals surface area contributed by atoms with Gasteiger partial charge in [-0.15, -0.1) is 0 Å². The van der Waals surface area contributed by atoms with Crippen molar-refractivity contribution in [1.82, 2.24) is 16.0 Å². The van der Waals surface area contributed by atoms with Gasteiger partial charge in [0.25, 0.3) is 0 Å². The molecule has 1 aliphatic rings. The molecule has 0 saturated heterocycles. The molecule has 1 rings (SSSR count). The maximum Gasteiger partial charge on any atom is 0.242 e. The fraction of sp³-hybridized carbons (Fsp3) is 0.815. The molecule has 0 fully saturated rings. The summed E-state index contributed by atoms with van der Waals surface area (Å²) in [6.45, 7) is 6.77. The quantitative estimate of drug-likeness (QED) is 0.336. The Bertz CT molecular complexity index is 603. The van der Waals surface area contributed by atoms with Gasteiger partial charge in [-0.1, -0.05) is 71.4 Å². The molecule has 0 saturated carbocycles. The summed E-state index contributed by atoms with van der Waals surface area (Å²) in [6.07, 6.45) is 16.8. The van der Waals surface area contributed by atoms with E-state index in [1.807, 2.05) is 0 Å². The molecule has 3 N–H and O–H groups in total. The lowest BCUT2D eigenvalue weighted by Crippen LogP contribution is -2.49. The highest BCUT2D eigenvalue weighted by molar-refractivity contribution is 5.88. The van der Waals surface area contributed by atoms with Crippen LogP contribution in [0.1, 0.15) is 104 Å². The van der Waals surface area contributed by atoms with Crippen molar-refractivity contribution < 1.29 is 14.4 Å². The molecule has 0 aromatic heterocycles. The number of rotatable bonds is 9. The van der Waals surface area contributed by atoms with Crippen molar-refractivity contribution in [2.75, 3.05) is 13.6 Å². The minimum absolute atomic E-state index is 0.00354. The number of amides is 3. The maximum atomic E-state index is 13.2. The van der Waals surface area contributed by atoms with E-state index in [2.05, 4.69) is 48.9 Å². The summed E-state index contributed by atoms with van der Waals surface area (Å²) < 4.78 is 0. The Balaban J connectivity index is 2.88. The molecule has 190 valence electrons. The Morgan fingerprint density at radius 3 is 2.52 bits per heavy atom. The average molecular weight is 464 g/mol. The second-order valence-electron chi connectivity index (χ2n) is 9.97. The normalized spacial score (nSPS) is 24.7. The Kier molecular flexibility index (Phi) is 15.6. The van der Waals surface area contributed by atoms with E-state index < -0.39 is 6.04 Å². The minimum Gasteiger partial charge on any atom is -0.359 e. The number of carbonyl (C=O) groups is 3. The topological polar surface area (TPSA) is 87.3 Å². The molecule has 0 aromatic carbocycles. The Labute approximate surface area is 202 Å². The molecule has 0 aliphatic carbocycles. The number of nitrogens with one attached hydrogen (secondary N) is 3. The van der Waals surface area contributed by atoms with Crippen LogP contribution in [0.4, 0.5) is 0 Å². The van der Waals surface area contributed by atoms with E-state index in [4.69, 9.17) is 0 Å². The number of hydrogen-bond donors (Lipinski definition) is 3. The smallest absolute Gasteiger partial charge is 0.242 e. The number of carbonyl (C=O) groups excluding carboxylic acids is 3. The van der Waals surface area contributed by atoms with Crippen LogP contribution in [0.2, 0.25) is 0 Å². The molecular formula is C27H49N3O3. The molecule has 3 amide bonds. The van der Waals surface area contributed by atoms with E-state index in [-0.39, 0.29) is 29.6 Å². The van der Waals surface area contributed by atoms with Gasteiger partial charge in [0.05, 0.1) is 0 Å². The van der Waals surface area contributed by atoms with Gasteiger partial charge in [-0.2, -0.15) is 0 Å². The molecule has 6 heteroatoms. The van der Waals surface area contributed by atoms with E-state index in [9.17, 15) is 14.4 Å². The first-order valence-electron chi connectivity index (χ1n) is 13.3. The first-order chi connectivity index (χ1) is 15.9. The van der Waals surface area contributed by atoms with Crippen molar-refractivity contribution in [3.05, 3.63) is 12.2 Å². The first-order valence-corrected chi connectivity index (χ1v) is 13.3. The highest BCUT2D eigenvalue weighted by Crippen LogP contribution is 2.20. The predicted octanol–water partition coefficient (Wildman–Crippen LogP) is 4.88. The zero-order chi connectivity index (χ0) is 24.5. The van der Waals surface area contributed by atoms with Crippen molar-refractivity contribution in [2.45, 2.75) is 110 Å². The lowest BCUT2D eigenvalue weighted by Gasteiger charge is -2.24. The van der Waals surface area contributed by atoms with E-state index in [0.29, 0.717) is 31.7 Å². The van der Waals surface area contributed by atoms with Gasteiger partial charge >= 0.3 is 0 Å². The largest absolute Gasteiger partial charge is 0.359 e. The van der Waals surface area contributed by atoms with E-state index in [1.165, 1.54) is 25.7 Å². The molecule has 0 bridgehead atoms. The fourth-order valence-corrected chi connectivity index (χ4v) is 4.48. The third-order valence-electron chi connectivity index (χ3n) is 6.54. The molecule has 0 radical (unpaired) electrons. The minimum atomic E-state index is -0.522. The summed E-state index contributed by atoms with van der Waals surface area (Å²) in [4.78, 5) is 38.3. The van der Waals surface area contributed by atoms with Crippen molar-refractivity contribution in [2.24, 2.45) is 17.8 Å². The Morgan fingerprint density at radius 1 is 1.06 bits per heavy atom. The van der Waals surface area contributed by atoms with Gasteiger partial charge < -0.3 is 16.0 Å². The van der Waals surface area contributed by atoms with Crippen LogP contribution in [0.3, 0.4) is 0 Å². The van der Waals surface area contributed by atoms with Crippen molar-refractivity contribution in [1.29, 1.82) is 0 Å². The molecule has 0 aromatic rings. The van der Waals surface area contributed by atoms with Crippen molar-refractivity contribution in [3.63, 3.8) is 0 Å². The van der Waals surface area contributed by atoms with E-state index in [0.717, 1.165) is 38.5 Å². The second kappa shape index (κ2) is 17.6. The van der Waals surface area contributed by atoms with Crippen molar-refractivity contribution in [3.8, 4) is 0 Å². The van der Waals surface area contributed by atoms with Crippen LogP contribution in [0.5, 0.6) is 0 Å². The predicted molar refractivity (Wildman–Crippen MR) is 136 cm³/mol. The van der Waals surface area contributed by atoms with Gasteiger partial charge in [-0.3, -0.25) is 14.4 Å². The number of allylic oxidation sites excluding steroid dienone is 2. The molecule has 33 heavy (non-hydrogen) atoms. The van der Waals surface area contributed by atoms with Crippen LogP contribution >= 0.6 is 0 Å². The molecule has 1 heterocycles. The summed E-state index contributed by atoms with van der Waals surface area (Å²) in [5.74, 6) is -0.000727. The van der Waals surface area contributed by atoms with Crippen molar-refractivity contribution >= 4 is 17.7 Å². The highest BCUT2D eigenvalue weighted by Gasteiger charge is 2.26.